The van der Waals surface area contributed by atoms with Gasteiger partial charge in [0.25, 0.3) is 0 Å². The van der Waals surface area contributed by atoms with E-state index in [1.54, 1.807) is 0 Å². The number of ketones is 1. The summed E-state index contributed by atoms with van der Waals surface area (Å²) >= 11 is 0. The smallest absolute Gasteiger partial charge is 0.284 e. The van der Waals surface area contributed by atoms with E-state index in [-0.39, 0.29) is 0 Å². The van der Waals surface area contributed by atoms with Gasteiger partial charge in [-0.25, -0.2) is 5.32 Å². The Hall–Kier alpha value is -1.12. The van der Waals surface area contributed by atoms with Gasteiger partial charge in [0.1, 0.15) is 0 Å². The van der Waals surface area contributed by atoms with Crippen molar-refractivity contribution in [3.8, 4) is 0 Å². The number of carbonyl (C=O) groups is 2. The van der Waals surface area contributed by atoms with Crippen LogP contribution < -0.4 is 5.32 Å². The van der Waals surface area contributed by atoms with Crippen molar-refractivity contribution >= 4 is 11.7 Å². The first-order valence-electron chi connectivity index (χ1n) is 1.76. The van der Waals surface area contributed by atoms with Crippen LogP contribution in [0, 0.1) is 0 Å². The minimum absolute atomic E-state index is 0.528. The van der Waals surface area contributed by atoms with Gasteiger partial charge in [0.2, 0.25) is 5.78 Å². The van der Waals surface area contributed by atoms with E-state index in [4.69, 9.17) is 0 Å². The molecule has 0 spiro atoms. The second-order valence-corrected chi connectivity index (χ2v) is 1.11. The Bertz CT molecular complexity index is 148. The molecule has 0 saturated heterocycles. The molecular weight excluding hydrogens is 94.0 g/mol. The monoisotopic (exact) mass is 96.0 g/mol. The highest BCUT2D eigenvalue weighted by atomic mass is 16.2. The average Bonchev–Trinajstić information content (AvgIpc) is 1.91. The summed E-state index contributed by atoms with van der Waals surface area (Å²) in [5.41, 5.74) is 0. The summed E-state index contributed by atoms with van der Waals surface area (Å²) in [6.07, 6.45) is 2.34. The molecule has 0 aliphatic carbocycles. The van der Waals surface area contributed by atoms with Gasteiger partial charge in [-0.1, -0.05) is 0 Å². The lowest BCUT2D eigenvalue weighted by atomic mass is 10.4. The Morgan fingerprint density at radius 3 is 2.29 bits per heavy atom. The summed E-state index contributed by atoms with van der Waals surface area (Å²) < 4.78 is 0. The maximum Gasteiger partial charge on any atom is 0.317 e. The van der Waals surface area contributed by atoms with Crippen LogP contribution in [0.2, 0.25) is 0 Å². The zero-order valence-corrected chi connectivity index (χ0v) is 3.42. The number of hydrogen-bond acceptors (Lipinski definition) is 2. The number of amides is 1. The number of carbonyl (C=O) groups excluding carboxylic acids is 2. The van der Waals surface area contributed by atoms with E-state index in [1.165, 1.54) is 6.20 Å². The Morgan fingerprint density at radius 1 is 1.43 bits per heavy atom. The van der Waals surface area contributed by atoms with E-state index in [2.05, 4.69) is 5.32 Å². The van der Waals surface area contributed by atoms with Crippen molar-refractivity contribution < 1.29 is 9.59 Å². The molecule has 0 aromatic carbocycles. The van der Waals surface area contributed by atoms with Crippen LogP contribution in [0.25, 0.3) is 0 Å². The summed E-state index contributed by atoms with van der Waals surface area (Å²) in [7, 11) is 0. The van der Waals surface area contributed by atoms with E-state index in [0.717, 1.165) is 6.08 Å². The largest absolute Gasteiger partial charge is 0.317 e. The molecule has 0 N–H and O–H groups in total. The van der Waals surface area contributed by atoms with Crippen LogP contribution >= 0.6 is 0 Å². The molecule has 0 fully saturated rings. The van der Waals surface area contributed by atoms with E-state index >= 15 is 0 Å². The first-order chi connectivity index (χ1) is 3.30. The van der Waals surface area contributed by atoms with Crippen molar-refractivity contribution in [2.75, 3.05) is 0 Å². The second kappa shape index (κ2) is 1.18. The van der Waals surface area contributed by atoms with Crippen molar-refractivity contribution in [1.29, 1.82) is 0 Å². The topological polar surface area (TPSA) is 48.2 Å². The molecule has 35 valence electrons. The molecule has 3 nitrogen and oxygen atoms in total. The van der Waals surface area contributed by atoms with Gasteiger partial charge in [-0.15, -0.1) is 0 Å². The molecule has 1 rings (SSSR count). The second-order valence-electron chi connectivity index (χ2n) is 1.11. The maximum atomic E-state index is 10.0. The van der Waals surface area contributed by atoms with E-state index in [1.807, 2.05) is 0 Å². The third-order valence-electron chi connectivity index (χ3n) is 0.628. The highest BCUT2D eigenvalue weighted by Crippen LogP contribution is 1.85. The van der Waals surface area contributed by atoms with Crippen LogP contribution in [0.15, 0.2) is 12.3 Å². The fourth-order valence-corrected chi connectivity index (χ4v) is 0.308. The fourth-order valence-electron chi connectivity index (χ4n) is 0.308. The molecule has 1 heterocycles. The Balaban J connectivity index is 2.81. The van der Waals surface area contributed by atoms with Gasteiger partial charge in [0.15, 0.2) is 0 Å². The van der Waals surface area contributed by atoms with Crippen LogP contribution in [-0.2, 0) is 9.59 Å². The van der Waals surface area contributed by atoms with Crippen LogP contribution in [0.1, 0.15) is 0 Å². The van der Waals surface area contributed by atoms with Crippen molar-refractivity contribution in [2.45, 2.75) is 0 Å². The zero-order valence-electron chi connectivity index (χ0n) is 3.42. The molecule has 1 radical (unpaired) electrons. The van der Waals surface area contributed by atoms with Crippen molar-refractivity contribution in [3.05, 3.63) is 12.3 Å². The third kappa shape index (κ3) is 0.513. The molecule has 1 aliphatic rings. The molecule has 0 bridgehead atoms. The quantitative estimate of drug-likeness (QED) is 0.371. The molecule has 1 aliphatic heterocycles. The van der Waals surface area contributed by atoms with Gasteiger partial charge in [-0.2, -0.15) is 0 Å². The molecule has 3 heteroatoms. The summed E-state index contributed by atoms with van der Waals surface area (Å²) in [5.74, 6) is -1.19. The molecule has 0 saturated carbocycles. The molecular formula is C4H2NO2. The van der Waals surface area contributed by atoms with Crippen molar-refractivity contribution in [3.63, 3.8) is 0 Å². The SMILES string of the molecule is O=C1C=C[N]C1=O. The highest BCUT2D eigenvalue weighted by Gasteiger charge is 2.14. The van der Waals surface area contributed by atoms with E-state index in [9.17, 15) is 9.59 Å². The Morgan fingerprint density at radius 2 is 2.14 bits per heavy atom. The molecule has 1 amide bonds. The maximum absolute atomic E-state index is 10.0. The van der Waals surface area contributed by atoms with Crippen molar-refractivity contribution in [1.82, 2.24) is 5.32 Å². The Kier molecular flexibility index (Phi) is 0.685. The molecule has 0 aromatic heterocycles. The summed E-state index contributed by atoms with van der Waals surface area (Å²) in [5, 5.41) is 3.15. The number of nitrogens with zero attached hydrogens (tertiary/aromatic N) is 1. The van der Waals surface area contributed by atoms with Crippen LogP contribution in [0.4, 0.5) is 0 Å². The van der Waals surface area contributed by atoms with Crippen LogP contribution in [-0.4, -0.2) is 11.7 Å². The van der Waals surface area contributed by atoms with E-state index < -0.39 is 11.7 Å². The minimum atomic E-state index is -0.667. The standard InChI is InChI=1S/C4H2NO2/c6-3-1-2-5-4(3)7/h1-2H. The summed E-state index contributed by atoms with van der Waals surface area (Å²) in [6, 6.07) is 0. The fraction of sp³-hybridized carbons (Fsp3) is 0. The van der Waals surface area contributed by atoms with Gasteiger partial charge in [-0.05, 0) is 0 Å². The summed E-state index contributed by atoms with van der Waals surface area (Å²) in [4.78, 5) is 20.0. The van der Waals surface area contributed by atoms with Gasteiger partial charge in [-0.3, -0.25) is 9.59 Å². The lowest BCUT2D eigenvalue weighted by molar-refractivity contribution is -0.133. The van der Waals surface area contributed by atoms with Gasteiger partial charge >= 0.3 is 5.91 Å². The number of rotatable bonds is 0. The molecule has 0 aromatic rings. The average molecular weight is 96.1 g/mol. The van der Waals surface area contributed by atoms with Crippen LogP contribution in [0.3, 0.4) is 0 Å². The van der Waals surface area contributed by atoms with E-state index in [0.29, 0.717) is 0 Å². The van der Waals surface area contributed by atoms with Gasteiger partial charge < -0.3 is 0 Å². The van der Waals surface area contributed by atoms with Gasteiger partial charge in [0.05, 0.1) is 0 Å². The van der Waals surface area contributed by atoms with Crippen molar-refractivity contribution in [2.24, 2.45) is 0 Å². The molecule has 7 heavy (non-hydrogen) atoms. The van der Waals surface area contributed by atoms with Crippen LogP contribution in [0.5, 0.6) is 0 Å². The lowest BCUT2D eigenvalue weighted by Gasteiger charge is -1.73. The first-order valence-corrected chi connectivity index (χ1v) is 1.76. The third-order valence-corrected chi connectivity index (χ3v) is 0.628. The first kappa shape index (κ1) is 4.05. The van der Waals surface area contributed by atoms with Gasteiger partial charge in [0, 0.05) is 12.3 Å². The normalized spacial score (nSPS) is 17.7. The number of hydrogen-bond donors (Lipinski definition) is 0. The summed E-state index contributed by atoms with van der Waals surface area (Å²) in [6.45, 7) is 0. The predicted molar refractivity (Wildman–Crippen MR) is 21.3 cm³/mol. The Labute approximate surface area is 40.0 Å². The highest BCUT2D eigenvalue weighted by molar-refractivity contribution is 6.42. The zero-order chi connectivity index (χ0) is 5.28. The lowest BCUT2D eigenvalue weighted by Crippen LogP contribution is -2.11. The molecule has 0 atom stereocenters. The predicted octanol–water partition coefficient (Wildman–Crippen LogP) is -0.786. The molecule has 0 unspecified atom stereocenters. The minimum Gasteiger partial charge on any atom is -0.284 e.